The lowest BCUT2D eigenvalue weighted by molar-refractivity contribution is -0.137. The minimum absolute atomic E-state index is 0.199. The van der Waals surface area contributed by atoms with Gasteiger partial charge in [-0.05, 0) is 36.7 Å². The molecule has 0 aliphatic carbocycles. The van der Waals surface area contributed by atoms with E-state index < -0.39 is 17.6 Å². The van der Waals surface area contributed by atoms with Crippen molar-refractivity contribution in [2.24, 2.45) is 0 Å². The number of nitrogens with zero attached hydrogens (tertiary/aromatic N) is 2. The summed E-state index contributed by atoms with van der Waals surface area (Å²) < 4.78 is 52.7. The predicted octanol–water partition coefficient (Wildman–Crippen LogP) is 3.22. The zero-order valence-electron chi connectivity index (χ0n) is 11.2. The first-order valence-corrected chi connectivity index (χ1v) is 6.48. The van der Waals surface area contributed by atoms with Gasteiger partial charge >= 0.3 is 6.18 Å². The Balaban J connectivity index is 1.81. The average molecular weight is 301 g/mol. The van der Waals surface area contributed by atoms with Gasteiger partial charge in [0.2, 0.25) is 0 Å². The molecule has 2 aromatic rings. The van der Waals surface area contributed by atoms with E-state index in [4.69, 9.17) is 0 Å². The molecule has 7 heteroatoms. The molecule has 0 aliphatic heterocycles. The number of imidazole rings is 1. The van der Waals surface area contributed by atoms with Gasteiger partial charge in [0.05, 0.1) is 11.9 Å². The number of rotatable bonds is 6. The molecule has 0 saturated heterocycles. The maximum absolute atomic E-state index is 13.2. The molecule has 21 heavy (non-hydrogen) atoms. The molecule has 0 unspecified atom stereocenters. The SMILES string of the molecule is Fc1cc(CNCCCn2ccnc2)cc(C(F)(F)F)c1. The smallest absolute Gasteiger partial charge is 0.337 e. The lowest BCUT2D eigenvalue weighted by atomic mass is 10.1. The number of hydrogen-bond acceptors (Lipinski definition) is 2. The Morgan fingerprint density at radius 2 is 2.00 bits per heavy atom. The van der Waals surface area contributed by atoms with Gasteiger partial charge in [-0.15, -0.1) is 0 Å². The molecule has 2 rings (SSSR count). The van der Waals surface area contributed by atoms with Crippen LogP contribution >= 0.6 is 0 Å². The Labute approximate surface area is 119 Å². The van der Waals surface area contributed by atoms with Crippen molar-refractivity contribution in [3.05, 3.63) is 53.9 Å². The van der Waals surface area contributed by atoms with Crippen LogP contribution in [0.3, 0.4) is 0 Å². The fourth-order valence-corrected chi connectivity index (χ4v) is 1.95. The first-order chi connectivity index (χ1) is 9.95. The van der Waals surface area contributed by atoms with Crippen molar-refractivity contribution in [2.75, 3.05) is 6.54 Å². The van der Waals surface area contributed by atoms with Crippen LogP contribution in [0.25, 0.3) is 0 Å². The second-order valence-electron chi connectivity index (χ2n) is 4.68. The summed E-state index contributed by atoms with van der Waals surface area (Å²) in [4.78, 5) is 3.91. The average Bonchev–Trinajstić information content (AvgIpc) is 2.90. The van der Waals surface area contributed by atoms with Crippen molar-refractivity contribution < 1.29 is 17.6 Å². The number of aromatic nitrogens is 2. The van der Waals surface area contributed by atoms with E-state index >= 15 is 0 Å². The van der Waals surface area contributed by atoms with Gasteiger partial charge in [0, 0.05) is 25.5 Å². The fraction of sp³-hybridized carbons (Fsp3) is 0.357. The van der Waals surface area contributed by atoms with Gasteiger partial charge in [-0.2, -0.15) is 13.2 Å². The van der Waals surface area contributed by atoms with Crippen LogP contribution in [-0.4, -0.2) is 16.1 Å². The van der Waals surface area contributed by atoms with Crippen LogP contribution < -0.4 is 5.32 Å². The number of benzene rings is 1. The predicted molar refractivity (Wildman–Crippen MR) is 70.0 cm³/mol. The van der Waals surface area contributed by atoms with E-state index in [0.29, 0.717) is 12.6 Å². The Hall–Kier alpha value is -1.89. The number of halogens is 4. The van der Waals surface area contributed by atoms with E-state index in [0.717, 1.165) is 25.1 Å². The van der Waals surface area contributed by atoms with E-state index in [1.54, 1.807) is 12.5 Å². The molecule has 0 bridgehead atoms. The first kappa shape index (κ1) is 15.5. The highest BCUT2D eigenvalue weighted by Gasteiger charge is 2.31. The summed E-state index contributed by atoms with van der Waals surface area (Å²) in [6.07, 6.45) is 1.49. The van der Waals surface area contributed by atoms with Gasteiger partial charge in [-0.1, -0.05) is 0 Å². The van der Waals surface area contributed by atoms with Gasteiger partial charge in [0.15, 0.2) is 0 Å². The topological polar surface area (TPSA) is 29.9 Å². The lowest BCUT2D eigenvalue weighted by Crippen LogP contribution is -2.17. The summed E-state index contributed by atoms with van der Waals surface area (Å²) in [5, 5.41) is 3.00. The summed E-state index contributed by atoms with van der Waals surface area (Å²) in [6, 6.07) is 2.58. The van der Waals surface area contributed by atoms with Gasteiger partial charge in [-0.25, -0.2) is 9.37 Å². The van der Waals surface area contributed by atoms with E-state index in [1.165, 1.54) is 0 Å². The third-order valence-electron chi connectivity index (χ3n) is 2.94. The highest BCUT2D eigenvalue weighted by molar-refractivity contribution is 5.26. The van der Waals surface area contributed by atoms with Crippen LogP contribution in [-0.2, 0) is 19.3 Å². The second-order valence-corrected chi connectivity index (χ2v) is 4.68. The fourth-order valence-electron chi connectivity index (χ4n) is 1.95. The minimum atomic E-state index is -4.53. The Kier molecular flexibility index (Phi) is 4.95. The van der Waals surface area contributed by atoms with Gasteiger partial charge in [-0.3, -0.25) is 0 Å². The lowest BCUT2D eigenvalue weighted by Gasteiger charge is -2.10. The third kappa shape index (κ3) is 4.86. The summed E-state index contributed by atoms with van der Waals surface area (Å²) in [5.74, 6) is -0.875. The highest BCUT2D eigenvalue weighted by atomic mass is 19.4. The number of nitrogens with one attached hydrogen (secondary N) is 1. The molecule has 1 heterocycles. The van der Waals surface area contributed by atoms with Gasteiger partial charge in [0.1, 0.15) is 5.82 Å². The Morgan fingerprint density at radius 1 is 1.19 bits per heavy atom. The van der Waals surface area contributed by atoms with Crippen LogP contribution in [0.2, 0.25) is 0 Å². The van der Waals surface area contributed by atoms with E-state index in [-0.39, 0.29) is 12.1 Å². The molecule has 1 aromatic heterocycles. The molecule has 0 fully saturated rings. The molecule has 114 valence electrons. The summed E-state index contributed by atoms with van der Waals surface area (Å²) >= 11 is 0. The largest absolute Gasteiger partial charge is 0.416 e. The first-order valence-electron chi connectivity index (χ1n) is 6.48. The molecule has 0 radical (unpaired) electrons. The molecule has 0 amide bonds. The number of hydrogen-bond donors (Lipinski definition) is 1. The molecule has 0 spiro atoms. The third-order valence-corrected chi connectivity index (χ3v) is 2.94. The van der Waals surface area contributed by atoms with Crippen LogP contribution in [0.15, 0.2) is 36.9 Å². The molecular weight excluding hydrogens is 286 g/mol. The summed E-state index contributed by atoms with van der Waals surface area (Å²) in [5.41, 5.74) is -0.678. The summed E-state index contributed by atoms with van der Waals surface area (Å²) in [7, 11) is 0. The van der Waals surface area contributed by atoms with E-state index in [9.17, 15) is 17.6 Å². The molecule has 0 atom stereocenters. The quantitative estimate of drug-likeness (QED) is 0.656. The number of alkyl halides is 3. The van der Waals surface area contributed by atoms with Crippen LogP contribution in [0.1, 0.15) is 17.5 Å². The molecule has 3 nitrogen and oxygen atoms in total. The normalized spacial score (nSPS) is 11.8. The van der Waals surface area contributed by atoms with Gasteiger partial charge in [0.25, 0.3) is 0 Å². The minimum Gasteiger partial charge on any atom is -0.337 e. The standard InChI is InChI=1S/C14H15F4N3/c15-13-7-11(6-12(8-13)14(16,17)18)9-19-2-1-4-21-5-3-20-10-21/h3,5-8,10,19H,1-2,4,9H2. The second kappa shape index (κ2) is 6.71. The molecule has 1 N–H and O–H groups in total. The maximum Gasteiger partial charge on any atom is 0.416 e. The van der Waals surface area contributed by atoms with Crippen molar-refractivity contribution in [2.45, 2.75) is 25.7 Å². The molecule has 1 aromatic carbocycles. The van der Waals surface area contributed by atoms with Crippen molar-refractivity contribution in [3.63, 3.8) is 0 Å². The summed E-state index contributed by atoms with van der Waals surface area (Å²) in [6.45, 7) is 1.59. The van der Waals surface area contributed by atoms with Crippen molar-refractivity contribution in [1.29, 1.82) is 0 Å². The molecule has 0 saturated carbocycles. The Morgan fingerprint density at radius 3 is 2.67 bits per heavy atom. The van der Waals surface area contributed by atoms with E-state index in [2.05, 4.69) is 10.3 Å². The Bertz CT molecular complexity index is 564. The number of aryl methyl sites for hydroxylation is 1. The van der Waals surface area contributed by atoms with Crippen LogP contribution in [0, 0.1) is 5.82 Å². The zero-order valence-corrected chi connectivity index (χ0v) is 11.2. The van der Waals surface area contributed by atoms with Crippen molar-refractivity contribution >= 4 is 0 Å². The van der Waals surface area contributed by atoms with Crippen molar-refractivity contribution in [3.8, 4) is 0 Å². The monoisotopic (exact) mass is 301 g/mol. The van der Waals surface area contributed by atoms with Crippen LogP contribution in [0.4, 0.5) is 17.6 Å². The van der Waals surface area contributed by atoms with Gasteiger partial charge < -0.3 is 9.88 Å². The van der Waals surface area contributed by atoms with Crippen LogP contribution in [0.5, 0.6) is 0 Å². The molecular formula is C14H15F4N3. The molecule has 0 aliphatic rings. The zero-order chi connectivity index (χ0) is 15.3. The maximum atomic E-state index is 13.2. The van der Waals surface area contributed by atoms with E-state index in [1.807, 2.05) is 10.8 Å². The van der Waals surface area contributed by atoms with Crippen molar-refractivity contribution in [1.82, 2.24) is 14.9 Å². The highest BCUT2D eigenvalue weighted by Crippen LogP contribution is 2.30.